The minimum Gasteiger partial charge on any atom is -0.496 e. The highest BCUT2D eigenvalue weighted by atomic mass is 79.9. The van der Waals surface area contributed by atoms with Gasteiger partial charge in [-0.3, -0.25) is 0 Å². The van der Waals surface area contributed by atoms with E-state index in [1.165, 1.54) is 28.9 Å². The lowest BCUT2D eigenvalue weighted by Crippen LogP contribution is -2.06. The Labute approximate surface area is 229 Å². The van der Waals surface area contributed by atoms with Crippen molar-refractivity contribution in [1.82, 2.24) is 0 Å². The highest BCUT2D eigenvalue weighted by Gasteiger charge is 2.14. The number of methoxy groups -OCH3 is 1. The molecule has 188 valence electrons. The van der Waals surface area contributed by atoms with Crippen LogP contribution in [0.5, 0.6) is 11.5 Å². The maximum atomic E-state index is 6.40. The van der Waals surface area contributed by atoms with Crippen molar-refractivity contribution in [2.45, 2.75) is 58.1 Å². The van der Waals surface area contributed by atoms with E-state index in [2.05, 4.69) is 99.2 Å². The molecule has 2 heterocycles. The Morgan fingerprint density at radius 1 is 1.06 bits per heavy atom. The molecule has 0 saturated heterocycles. The Kier molecular flexibility index (Phi) is 11.6. The largest absolute Gasteiger partial charge is 0.496 e. The summed E-state index contributed by atoms with van der Waals surface area (Å²) in [7, 11) is 3.92. The maximum Gasteiger partial charge on any atom is 0.147 e. The molecule has 2 unspecified atom stereocenters. The lowest BCUT2D eigenvalue weighted by Gasteiger charge is -2.16. The number of benzene rings is 1. The highest BCUT2D eigenvalue weighted by molar-refractivity contribution is 9.11. The molecule has 0 radical (unpaired) electrons. The number of ether oxygens (including phenoxy) is 2. The summed E-state index contributed by atoms with van der Waals surface area (Å²) in [6.07, 6.45) is 17.1. The molecule has 0 N–H and O–H groups in total. The van der Waals surface area contributed by atoms with Gasteiger partial charge in [0.05, 0.1) is 17.5 Å². The molecule has 0 spiro atoms. The zero-order valence-electron chi connectivity index (χ0n) is 21.7. The van der Waals surface area contributed by atoms with E-state index in [0.717, 1.165) is 51.8 Å². The Balaban J connectivity index is 1.75. The molecular weight excluding hydrogens is 535 g/mol. The van der Waals surface area contributed by atoms with Crippen LogP contribution in [0.1, 0.15) is 68.9 Å². The molecule has 0 amide bonds. The van der Waals surface area contributed by atoms with E-state index in [1.54, 1.807) is 18.4 Å². The number of thiophene rings is 1. The van der Waals surface area contributed by atoms with Gasteiger partial charge >= 0.3 is 0 Å². The van der Waals surface area contributed by atoms with E-state index in [1.807, 2.05) is 11.8 Å². The van der Waals surface area contributed by atoms with Gasteiger partial charge in [0.1, 0.15) is 19.3 Å². The molecule has 2 aromatic rings. The molecule has 2 nitrogen and oxygen atoms in total. The van der Waals surface area contributed by atoms with Gasteiger partial charge in [0.25, 0.3) is 0 Å². The third-order valence-electron chi connectivity index (χ3n) is 6.20. The molecule has 6 heteroatoms. The van der Waals surface area contributed by atoms with Gasteiger partial charge in [0, 0.05) is 21.3 Å². The fourth-order valence-electron chi connectivity index (χ4n) is 4.08. The highest BCUT2D eigenvalue weighted by Crippen LogP contribution is 2.35. The first-order valence-electron chi connectivity index (χ1n) is 12.6. The summed E-state index contributed by atoms with van der Waals surface area (Å²) in [6, 6.07) is 8.44. The second kappa shape index (κ2) is 14.4. The topological polar surface area (TPSA) is 18.5 Å². The van der Waals surface area contributed by atoms with Crippen molar-refractivity contribution >= 4 is 65.1 Å². The zero-order valence-corrected chi connectivity index (χ0v) is 24.9. The van der Waals surface area contributed by atoms with E-state index in [9.17, 15) is 0 Å². The molecule has 35 heavy (non-hydrogen) atoms. The van der Waals surface area contributed by atoms with Crippen LogP contribution >= 0.6 is 39.0 Å². The summed E-state index contributed by atoms with van der Waals surface area (Å²) in [6.45, 7) is 7.68. The van der Waals surface area contributed by atoms with Crippen molar-refractivity contribution in [3.8, 4) is 11.5 Å². The van der Waals surface area contributed by atoms with Crippen LogP contribution in [0, 0.1) is 11.8 Å². The molecule has 1 aliphatic heterocycles. The van der Waals surface area contributed by atoms with Gasteiger partial charge < -0.3 is 9.47 Å². The van der Waals surface area contributed by atoms with Crippen molar-refractivity contribution < 1.29 is 9.47 Å². The van der Waals surface area contributed by atoms with Crippen LogP contribution in [0.4, 0.5) is 0 Å². The smallest absolute Gasteiger partial charge is 0.147 e. The van der Waals surface area contributed by atoms with Gasteiger partial charge in [-0.05, 0) is 77.0 Å². The summed E-state index contributed by atoms with van der Waals surface area (Å²) >= 11 is 7.20. The van der Waals surface area contributed by atoms with Crippen LogP contribution in [-0.2, 0) is 0 Å². The van der Waals surface area contributed by atoms with E-state index in [4.69, 9.17) is 9.47 Å². The van der Waals surface area contributed by atoms with Gasteiger partial charge in [0.15, 0.2) is 0 Å². The first kappa shape index (κ1) is 28.2. The predicted octanol–water partition coefficient (Wildman–Crippen LogP) is 8.91. The van der Waals surface area contributed by atoms with Crippen molar-refractivity contribution in [3.05, 3.63) is 61.0 Å². The van der Waals surface area contributed by atoms with Crippen LogP contribution in [0.15, 0.2) is 45.0 Å². The van der Waals surface area contributed by atoms with Crippen LogP contribution < -0.4 is 9.47 Å². The van der Waals surface area contributed by atoms with Crippen LogP contribution in [0.3, 0.4) is 0 Å². The molecule has 0 bridgehead atoms. The third kappa shape index (κ3) is 9.55. The van der Waals surface area contributed by atoms with Gasteiger partial charge in [-0.25, -0.2) is 0 Å². The van der Waals surface area contributed by atoms with E-state index >= 15 is 0 Å². The van der Waals surface area contributed by atoms with Gasteiger partial charge in [-0.2, -0.15) is 0 Å². The average molecular weight is 573 g/mol. The number of hydrogen-bond donors (Lipinski definition) is 0. The van der Waals surface area contributed by atoms with Crippen molar-refractivity contribution in [2.24, 2.45) is 11.8 Å². The maximum absolute atomic E-state index is 6.40. The second-order valence-electron chi connectivity index (χ2n) is 9.74. The Morgan fingerprint density at radius 3 is 2.49 bits per heavy atom. The van der Waals surface area contributed by atoms with Crippen LogP contribution in [0.2, 0.25) is 0 Å². The van der Waals surface area contributed by atoms with Crippen molar-refractivity contribution in [1.29, 1.82) is 0 Å². The number of hydrogen-bond acceptors (Lipinski definition) is 4. The summed E-state index contributed by atoms with van der Waals surface area (Å²) < 4.78 is 13.3. The van der Waals surface area contributed by atoms with Crippen LogP contribution in [0.25, 0.3) is 18.2 Å². The molecule has 1 aromatic heterocycles. The second-order valence-corrected chi connectivity index (χ2v) is 13.7. The van der Waals surface area contributed by atoms with Crippen molar-refractivity contribution in [3.63, 3.8) is 0 Å². The predicted molar refractivity (Wildman–Crippen MR) is 164 cm³/mol. The Morgan fingerprint density at radius 2 is 1.83 bits per heavy atom. The molecule has 1 aliphatic rings. The fraction of sp³-hybridized carbons (Fsp3) is 0.448. The van der Waals surface area contributed by atoms with Crippen molar-refractivity contribution in [2.75, 3.05) is 13.7 Å². The molecular formula is C29H38BBrO2S2. The van der Waals surface area contributed by atoms with E-state index in [-0.39, 0.29) is 0 Å². The first-order chi connectivity index (χ1) is 16.8. The first-order valence-corrected chi connectivity index (χ1v) is 15.1. The van der Waals surface area contributed by atoms with Gasteiger partial charge in [-0.15, -0.1) is 23.1 Å². The Bertz CT molecular complexity index is 1040. The number of rotatable bonds is 13. The van der Waals surface area contributed by atoms with Crippen LogP contribution in [-0.4, -0.2) is 26.8 Å². The SMILES string of the molecule is BC1=CCC(/C=C/c2cc(OCCC(C)CCCC(C)C)c(/C=C/c3ccc(Br)s3)cc2OC)S1. The third-order valence-corrected chi connectivity index (χ3v) is 8.97. The molecule has 1 aromatic carbocycles. The van der Waals surface area contributed by atoms with E-state index < -0.39 is 0 Å². The number of allylic oxidation sites excluding steroid dienone is 1. The summed E-state index contributed by atoms with van der Waals surface area (Å²) in [5.74, 6) is 3.24. The monoisotopic (exact) mass is 572 g/mol. The standard InChI is InChI=1S/C29H38BBrO2S2/c1-20(2)6-5-7-21(3)16-17-33-27-19-22(8-10-24-12-14-28(30)34-24)26(32-4)18-23(27)9-11-25-13-15-29(31)35-25/h8-11,13-15,18-21,24H,5-7,12,16-17,30H2,1-4H3/b10-8+,11-9+. The lowest BCUT2D eigenvalue weighted by molar-refractivity contribution is 0.275. The quantitative estimate of drug-likeness (QED) is 0.223. The average Bonchev–Trinajstić information content (AvgIpc) is 3.43. The van der Waals surface area contributed by atoms with Gasteiger partial charge in [0.2, 0.25) is 0 Å². The molecule has 2 atom stereocenters. The normalized spacial score (nSPS) is 17.0. The summed E-state index contributed by atoms with van der Waals surface area (Å²) in [5.41, 5.74) is 2.11. The fourth-order valence-corrected chi connectivity index (χ4v) is 6.42. The Hall–Kier alpha value is -1.37. The molecule has 0 fully saturated rings. The number of halogens is 1. The molecule has 3 rings (SSSR count). The number of thioether (sulfide) groups is 1. The summed E-state index contributed by atoms with van der Waals surface area (Å²) in [5, 5.41) is 0.493. The zero-order chi connectivity index (χ0) is 25.2. The lowest BCUT2D eigenvalue weighted by atomic mass is 9.98. The molecule has 0 aliphatic carbocycles. The minimum absolute atomic E-state index is 0.493. The van der Waals surface area contributed by atoms with E-state index in [0.29, 0.717) is 11.2 Å². The minimum atomic E-state index is 0.493. The summed E-state index contributed by atoms with van der Waals surface area (Å²) in [4.78, 5) is 2.60. The molecule has 0 saturated carbocycles. The van der Waals surface area contributed by atoms with Gasteiger partial charge in [-0.1, -0.05) is 63.1 Å².